The number of Topliss-reactive ketones (excluding diaryl/α,β-unsaturated/α-hetero) is 1. The Labute approximate surface area is 150 Å². The van der Waals surface area contributed by atoms with E-state index in [1.165, 1.54) is 37.3 Å². The molecule has 0 aliphatic rings. The van der Waals surface area contributed by atoms with Crippen LogP contribution in [0.25, 0.3) is 0 Å². The van der Waals surface area contributed by atoms with Gasteiger partial charge in [-0.25, -0.2) is 13.2 Å². The summed E-state index contributed by atoms with van der Waals surface area (Å²) in [5.41, 5.74) is 0.801. The van der Waals surface area contributed by atoms with E-state index in [9.17, 15) is 18.0 Å². The summed E-state index contributed by atoms with van der Waals surface area (Å²) < 4.78 is 29.8. The SMILES string of the molecule is C[C@H](OC(=O)c1ccccc1Cl)C(=O)c1ccc(NS(C)(=O)=O)cc1. The molecule has 1 N–H and O–H groups in total. The molecule has 0 radical (unpaired) electrons. The first-order valence-corrected chi connectivity index (χ1v) is 9.52. The molecule has 2 aromatic carbocycles. The minimum absolute atomic E-state index is 0.177. The number of halogens is 1. The van der Waals surface area contributed by atoms with E-state index in [-0.39, 0.29) is 10.6 Å². The van der Waals surface area contributed by atoms with Crippen LogP contribution < -0.4 is 4.72 Å². The van der Waals surface area contributed by atoms with Gasteiger partial charge in [0.2, 0.25) is 15.8 Å². The molecule has 0 saturated heterocycles. The van der Waals surface area contributed by atoms with Gasteiger partial charge in [0.25, 0.3) is 0 Å². The van der Waals surface area contributed by atoms with Gasteiger partial charge >= 0.3 is 5.97 Å². The lowest BCUT2D eigenvalue weighted by Gasteiger charge is -2.13. The fourth-order valence-electron chi connectivity index (χ4n) is 2.06. The van der Waals surface area contributed by atoms with Gasteiger partial charge in [0, 0.05) is 11.3 Å². The largest absolute Gasteiger partial charge is 0.451 e. The molecular formula is C17H16ClNO5S. The molecule has 0 fully saturated rings. The van der Waals surface area contributed by atoms with Gasteiger partial charge in [0.05, 0.1) is 16.8 Å². The Balaban J connectivity index is 2.07. The van der Waals surface area contributed by atoms with Crippen molar-refractivity contribution in [1.29, 1.82) is 0 Å². The maximum Gasteiger partial charge on any atom is 0.340 e. The number of hydrogen-bond acceptors (Lipinski definition) is 5. The van der Waals surface area contributed by atoms with Gasteiger partial charge in [0.1, 0.15) is 0 Å². The molecule has 6 nitrogen and oxygen atoms in total. The number of carbonyl (C=O) groups is 2. The lowest BCUT2D eigenvalue weighted by Crippen LogP contribution is -2.24. The zero-order chi connectivity index (χ0) is 18.6. The van der Waals surface area contributed by atoms with E-state index < -0.39 is 27.9 Å². The molecule has 8 heteroatoms. The van der Waals surface area contributed by atoms with Crippen molar-refractivity contribution in [1.82, 2.24) is 0 Å². The normalized spacial score (nSPS) is 12.3. The fraction of sp³-hybridized carbons (Fsp3) is 0.176. The molecule has 2 rings (SSSR count). The maximum atomic E-state index is 12.3. The second-order valence-corrected chi connectivity index (χ2v) is 7.50. The standard InChI is InChI=1S/C17H16ClNO5S/c1-11(24-17(21)14-5-3-4-6-15(14)18)16(20)12-7-9-13(10-8-12)19-25(2,22)23/h3-11,19H,1-2H3/t11-/m0/s1. The topological polar surface area (TPSA) is 89.5 Å². The molecule has 0 spiro atoms. The van der Waals surface area contributed by atoms with Crippen LogP contribution in [0.5, 0.6) is 0 Å². The number of esters is 1. The van der Waals surface area contributed by atoms with Crippen molar-refractivity contribution in [2.75, 3.05) is 11.0 Å². The first-order valence-electron chi connectivity index (χ1n) is 7.25. The number of anilines is 1. The summed E-state index contributed by atoms with van der Waals surface area (Å²) in [6, 6.07) is 12.2. The molecule has 132 valence electrons. The number of benzene rings is 2. The van der Waals surface area contributed by atoms with Crippen LogP contribution in [-0.2, 0) is 14.8 Å². The number of ketones is 1. The lowest BCUT2D eigenvalue weighted by molar-refractivity contribution is 0.0319. The van der Waals surface area contributed by atoms with Gasteiger partial charge in [-0.1, -0.05) is 23.7 Å². The van der Waals surface area contributed by atoms with Gasteiger partial charge in [0.15, 0.2) is 6.10 Å². The molecule has 0 unspecified atom stereocenters. The third-order valence-corrected chi connectivity index (χ3v) is 4.16. The van der Waals surface area contributed by atoms with Crippen LogP contribution in [0.2, 0.25) is 5.02 Å². The third kappa shape index (κ3) is 5.30. The molecule has 0 aromatic heterocycles. The predicted octanol–water partition coefficient (Wildman–Crippen LogP) is 3.14. The summed E-state index contributed by atoms with van der Waals surface area (Å²) in [4.78, 5) is 24.4. The molecule has 1 atom stereocenters. The van der Waals surface area contributed by atoms with Gasteiger partial charge < -0.3 is 4.74 Å². The summed E-state index contributed by atoms with van der Waals surface area (Å²) in [5, 5.41) is 0.239. The van der Waals surface area contributed by atoms with Crippen LogP contribution >= 0.6 is 11.6 Å². The van der Waals surface area contributed by atoms with Crippen molar-refractivity contribution in [2.45, 2.75) is 13.0 Å². The van der Waals surface area contributed by atoms with Crippen LogP contribution in [0.1, 0.15) is 27.6 Å². The number of hydrogen-bond donors (Lipinski definition) is 1. The Morgan fingerprint density at radius 2 is 1.68 bits per heavy atom. The zero-order valence-corrected chi connectivity index (χ0v) is 15.1. The highest BCUT2D eigenvalue weighted by Crippen LogP contribution is 2.18. The van der Waals surface area contributed by atoms with Crippen molar-refractivity contribution < 1.29 is 22.7 Å². The fourth-order valence-corrected chi connectivity index (χ4v) is 2.83. The van der Waals surface area contributed by atoms with E-state index in [2.05, 4.69) is 4.72 Å². The minimum Gasteiger partial charge on any atom is -0.451 e. The van der Waals surface area contributed by atoms with Gasteiger partial charge in [-0.3, -0.25) is 9.52 Å². The van der Waals surface area contributed by atoms with Crippen LogP contribution in [0.4, 0.5) is 5.69 Å². The van der Waals surface area contributed by atoms with Crippen LogP contribution in [0, 0.1) is 0 Å². The van der Waals surface area contributed by atoms with Crippen LogP contribution in [0.3, 0.4) is 0 Å². The van der Waals surface area contributed by atoms with Gasteiger partial charge in [-0.15, -0.1) is 0 Å². The van der Waals surface area contributed by atoms with Crippen LogP contribution in [0.15, 0.2) is 48.5 Å². The molecule has 0 heterocycles. The molecule has 25 heavy (non-hydrogen) atoms. The smallest absolute Gasteiger partial charge is 0.340 e. The Kier molecular flexibility index (Phi) is 5.81. The summed E-state index contributed by atoms with van der Waals surface area (Å²) in [5.74, 6) is -1.10. The number of nitrogens with one attached hydrogen (secondary N) is 1. The van der Waals surface area contributed by atoms with Crippen molar-refractivity contribution in [2.24, 2.45) is 0 Å². The summed E-state index contributed by atoms with van der Waals surface area (Å²) in [7, 11) is -3.39. The number of ether oxygens (including phenoxy) is 1. The maximum absolute atomic E-state index is 12.3. The highest BCUT2D eigenvalue weighted by Gasteiger charge is 2.21. The quantitative estimate of drug-likeness (QED) is 0.613. The number of rotatable bonds is 6. The molecule has 2 aromatic rings. The van der Waals surface area contributed by atoms with Crippen molar-refractivity contribution in [3.63, 3.8) is 0 Å². The monoisotopic (exact) mass is 381 g/mol. The number of sulfonamides is 1. The Hall–Kier alpha value is -2.38. The van der Waals surface area contributed by atoms with E-state index in [1.807, 2.05) is 0 Å². The van der Waals surface area contributed by atoms with Gasteiger partial charge in [-0.05, 0) is 43.3 Å². The average Bonchev–Trinajstić information content (AvgIpc) is 2.53. The zero-order valence-electron chi connectivity index (χ0n) is 13.5. The van der Waals surface area contributed by atoms with E-state index in [0.29, 0.717) is 11.3 Å². The lowest BCUT2D eigenvalue weighted by atomic mass is 10.1. The van der Waals surface area contributed by atoms with E-state index in [0.717, 1.165) is 6.26 Å². The molecule has 0 aliphatic heterocycles. The number of carbonyl (C=O) groups excluding carboxylic acids is 2. The average molecular weight is 382 g/mol. The van der Waals surface area contributed by atoms with E-state index >= 15 is 0 Å². The summed E-state index contributed by atoms with van der Waals surface area (Å²) in [6.45, 7) is 1.46. The highest BCUT2D eigenvalue weighted by atomic mass is 35.5. The van der Waals surface area contributed by atoms with Crippen LogP contribution in [-0.4, -0.2) is 32.5 Å². The summed E-state index contributed by atoms with van der Waals surface area (Å²) in [6.07, 6.45) is 0.0138. The van der Waals surface area contributed by atoms with Crippen molar-refractivity contribution in [3.8, 4) is 0 Å². The molecule has 0 bridgehead atoms. The van der Waals surface area contributed by atoms with Gasteiger partial charge in [-0.2, -0.15) is 0 Å². The second kappa shape index (κ2) is 7.67. The Bertz CT molecular complexity index is 894. The molecule has 0 aliphatic carbocycles. The molecule has 0 amide bonds. The molecule has 0 saturated carbocycles. The van der Waals surface area contributed by atoms with Crippen molar-refractivity contribution in [3.05, 3.63) is 64.7 Å². The van der Waals surface area contributed by atoms with E-state index in [4.69, 9.17) is 16.3 Å². The first kappa shape index (κ1) is 19.0. The Morgan fingerprint density at radius 3 is 2.24 bits per heavy atom. The molecular weight excluding hydrogens is 366 g/mol. The first-order chi connectivity index (χ1) is 11.7. The Morgan fingerprint density at radius 1 is 1.08 bits per heavy atom. The predicted molar refractivity (Wildman–Crippen MR) is 95.6 cm³/mol. The van der Waals surface area contributed by atoms with E-state index in [1.54, 1.807) is 18.2 Å². The minimum atomic E-state index is -3.39. The second-order valence-electron chi connectivity index (χ2n) is 5.34. The third-order valence-electron chi connectivity index (χ3n) is 3.22. The summed E-state index contributed by atoms with van der Waals surface area (Å²) >= 11 is 5.93. The highest BCUT2D eigenvalue weighted by molar-refractivity contribution is 7.92. The van der Waals surface area contributed by atoms with Crippen molar-refractivity contribution >= 4 is 39.1 Å².